The van der Waals surface area contributed by atoms with Gasteiger partial charge in [-0.05, 0) is 37.3 Å². The lowest BCUT2D eigenvalue weighted by Gasteiger charge is -2.34. The van der Waals surface area contributed by atoms with E-state index in [2.05, 4.69) is 31.6 Å². The molecule has 3 heteroatoms. The maximum atomic E-state index is 10.5. The first kappa shape index (κ1) is 15.8. The summed E-state index contributed by atoms with van der Waals surface area (Å²) in [5, 5.41) is 19.3. The summed E-state index contributed by atoms with van der Waals surface area (Å²) in [6, 6.07) is 0. The first-order valence-electron chi connectivity index (χ1n) is 7.12. The van der Waals surface area contributed by atoms with Gasteiger partial charge in [0.15, 0.2) is 0 Å². The average Bonchev–Trinajstić information content (AvgIpc) is 2.27. The Morgan fingerprint density at radius 1 is 1.53 bits per heavy atom. The number of aliphatic hydroxyl groups excluding tert-OH is 1. The van der Waals surface area contributed by atoms with Crippen LogP contribution in [0.25, 0.3) is 0 Å². The molecule has 0 bridgehead atoms. The van der Waals surface area contributed by atoms with E-state index in [4.69, 9.17) is 5.26 Å². The van der Waals surface area contributed by atoms with Crippen molar-refractivity contribution in [3.8, 4) is 5.97 Å². The zero-order chi connectivity index (χ0) is 14.4. The third-order valence-electron chi connectivity index (χ3n) is 3.81. The number of hydrogen-bond donors (Lipinski definition) is 1. The van der Waals surface area contributed by atoms with Crippen molar-refractivity contribution < 1.29 is 5.11 Å². The van der Waals surface area contributed by atoms with Gasteiger partial charge in [0.25, 0.3) is 6.71 Å². The molecular weight excluding hydrogens is 233 g/mol. The van der Waals surface area contributed by atoms with Crippen molar-refractivity contribution in [1.82, 2.24) is 0 Å². The average molecular weight is 257 g/mol. The van der Waals surface area contributed by atoms with E-state index in [1.165, 1.54) is 0 Å². The van der Waals surface area contributed by atoms with Crippen molar-refractivity contribution in [3.05, 3.63) is 35.5 Å². The topological polar surface area (TPSA) is 44.0 Å². The molecule has 0 aromatic carbocycles. The molecule has 0 saturated carbocycles. The first-order chi connectivity index (χ1) is 9.01. The first-order valence-corrected chi connectivity index (χ1v) is 7.12. The molecule has 1 saturated heterocycles. The van der Waals surface area contributed by atoms with Crippen LogP contribution >= 0.6 is 0 Å². The highest BCUT2D eigenvalue weighted by atomic mass is 16.3. The normalized spacial score (nSPS) is 18.8. The molecule has 0 amide bonds. The van der Waals surface area contributed by atoms with Crippen molar-refractivity contribution in [1.29, 1.82) is 5.26 Å². The molecule has 0 aromatic heterocycles. The minimum Gasteiger partial charge on any atom is -0.388 e. The molecule has 0 aromatic rings. The zero-order valence-corrected chi connectivity index (χ0v) is 12.3. The van der Waals surface area contributed by atoms with Crippen LogP contribution in [0.5, 0.6) is 0 Å². The molecule has 0 radical (unpaired) electrons. The van der Waals surface area contributed by atoms with Crippen LogP contribution in [0.4, 0.5) is 0 Å². The summed E-state index contributed by atoms with van der Waals surface area (Å²) in [7, 11) is 0. The highest BCUT2D eigenvalue weighted by molar-refractivity contribution is 6.69. The number of unbranched alkanes of at least 4 members (excludes halogenated alkanes) is 1. The second-order valence-corrected chi connectivity index (χ2v) is 5.57. The molecule has 2 nitrogen and oxygen atoms in total. The Hall–Kier alpha value is -1.27. The molecule has 1 aliphatic heterocycles. The zero-order valence-electron chi connectivity index (χ0n) is 12.3. The lowest BCUT2D eigenvalue weighted by molar-refractivity contribution is 0.152. The smallest absolute Gasteiger partial charge is 0.268 e. The molecule has 19 heavy (non-hydrogen) atoms. The van der Waals surface area contributed by atoms with Crippen LogP contribution in [-0.4, -0.2) is 17.9 Å². The lowest BCUT2D eigenvalue weighted by atomic mass is 9.32. The van der Waals surface area contributed by atoms with Crippen LogP contribution in [0.15, 0.2) is 35.5 Å². The van der Waals surface area contributed by atoms with Crippen molar-refractivity contribution in [2.75, 3.05) is 0 Å². The summed E-state index contributed by atoms with van der Waals surface area (Å²) in [5.74, 6) is 2.48. The lowest BCUT2D eigenvalue weighted by Crippen LogP contribution is -2.39. The number of aliphatic hydroxyl groups is 1. The van der Waals surface area contributed by atoms with Crippen LogP contribution in [0.1, 0.15) is 33.6 Å². The third kappa shape index (κ3) is 4.11. The largest absolute Gasteiger partial charge is 0.388 e. The monoisotopic (exact) mass is 257 g/mol. The second kappa shape index (κ2) is 7.35. The summed E-state index contributed by atoms with van der Waals surface area (Å²) >= 11 is 0. The number of nitrogens with zero attached hydrogens (tertiary/aromatic N) is 1. The predicted molar refractivity (Wildman–Crippen MR) is 82.0 cm³/mol. The number of hydrogen-bond acceptors (Lipinski definition) is 2. The fourth-order valence-electron chi connectivity index (χ4n) is 2.60. The molecule has 1 fully saturated rings. The maximum absolute atomic E-state index is 10.5. The van der Waals surface area contributed by atoms with Gasteiger partial charge in [0.05, 0.1) is 6.10 Å². The van der Waals surface area contributed by atoms with E-state index in [1.54, 1.807) is 0 Å². The van der Waals surface area contributed by atoms with Crippen molar-refractivity contribution in [2.24, 2.45) is 5.92 Å². The van der Waals surface area contributed by atoms with Crippen LogP contribution in [0.2, 0.25) is 12.6 Å². The summed E-state index contributed by atoms with van der Waals surface area (Å²) in [6.45, 7) is 10.2. The number of allylic oxidation sites excluding steroid dienone is 3. The highest BCUT2D eigenvalue weighted by Crippen LogP contribution is 2.36. The number of nitriles is 1. The highest BCUT2D eigenvalue weighted by Gasteiger charge is 2.39. The van der Waals surface area contributed by atoms with Gasteiger partial charge in [-0.25, -0.2) is 5.26 Å². The second-order valence-electron chi connectivity index (χ2n) is 5.57. The van der Waals surface area contributed by atoms with Crippen molar-refractivity contribution in [2.45, 2.75) is 52.4 Å². The van der Waals surface area contributed by atoms with E-state index in [0.717, 1.165) is 42.2 Å². The van der Waals surface area contributed by atoms with Crippen LogP contribution in [-0.2, 0) is 0 Å². The molecule has 1 unspecified atom stereocenters. The van der Waals surface area contributed by atoms with Gasteiger partial charge in [0.1, 0.15) is 0 Å². The Labute approximate surface area is 117 Å². The van der Waals surface area contributed by atoms with Gasteiger partial charge in [-0.3, -0.25) is 0 Å². The van der Waals surface area contributed by atoms with Crippen LogP contribution < -0.4 is 0 Å². The molecular formula is C16H24BNO. The summed E-state index contributed by atoms with van der Waals surface area (Å²) in [5.41, 5.74) is 2.97. The van der Waals surface area contributed by atoms with Gasteiger partial charge in [-0.1, -0.05) is 50.3 Å². The SMILES string of the molecule is C=C(C)/C(=C(C)\C=C/CCC)C(O)C1CB(C#N)C1. The Morgan fingerprint density at radius 3 is 2.63 bits per heavy atom. The summed E-state index contributed by atoms with van der Waals surface area (Å²) in [6.07, 6.45) is 7.54. The molecule has 1 atom stereocenters. The Morgan fingerprint density at radius 2 is 2.16 bits per heavy atom. The Balaban J connectivity index is 2.80. The van der Waals surface area contributed by atoms with Gasteiger partial charge in [-0.15, -0.1) is 0 Å². The van der Waals surface area contributed by atoms with Gasteiger partial charge >= 0.3 is 0 Å². The predicted octanol–water partition coefficient (Wildman–Crippen LogP) is 3.78. The Kier molecular flexibility index (Phi) is 6.11. The molecule has 0 aliphatic carbocycles. The molecule has 1 rings (SSSR count). The summed E-state index contributed by atoms with van der Waals surface area (Å²) < 4.78 is 0. The summed E-state index contributed by atoms with van der Waals surface area (Å²) in [4.78, 5) is 0. The van der Waals surface area contributed by atoms with E-state index in [1.807, 2.05) is 13.8 Å². The fourth-order valence-corrected chi connectivity index (χ4v) is 2.60. The van der Waals surface area contributed by atoms with Crippen molar-refractivity contribution in [3.63, 3.8) is 0 Å². The fraction of sp³-hybridized carbons (Fsp3) is 0.562. The van der Waals surface area contributed by atoms with Crippen LogP contribution in [0, 0.1) is 17.1 Å². The van der Waals surface area contributed by atoms with E-state index < -0.39 is 6.10 Å². The maximum Gasteiger partial charge on any atom is 0.268 e. The van der Waals surface area contributed by atoms with E-state index in [9.17, 15) is 5.11 Å². The molecule has 0 spiro atoms. The van der Waals surface area contributed by atoms with E-state index >= 15 is 0 Å². The van der Waals surface area contributed by atoms with E-state index in [-0.39, 0.29) is 12.6 Å². The number of rotatable bonds is 6. The molecule has 1 N–H and O–H groups in total. The van der Waals surface area contributed by atoms with Gasteiger partial charge in [-0.2, -0.15) is 0 Å². The molecule has 1 aliphatic rings. The quantitative estimate of drug-likeness (QED) is 0.581. The molecule has 102 valence electrons. The van der Waals surface area contributed by atoms with Gasteiger partial charge < -0.3 is 5.11 Å². The third-order valence-corrected chi connectivity index (χ3v) is 3.81. The minimum absolute atomic E-state index is 0.127. The van der Waals surface area contributed by atoms with Crippen LogP contribution in [0.3, 0.4) is 0 Å². The Bertz CT molecular complexity index is 425. The standard InChI is InChI=1S/C16H24BNO/c1-5-6-7-8-13(4)15(12(2)3)16(19)14-9-17(10-14)11-18/h7-8,14,16,19H,2,5-6,9-10H2,1,3-4H3/b8-7-,15-13+. The van der Waals surface area contributed by atoms with Gasteiger partial charge in [0, 0.05) is 5.97 Å². The van der Waals surface area contributed by atoms with Gasteiger partial charge in [0.2, 0.25) is 0 Å². The minimum atomic E-state index is -0.478. The molecule has 1 heterocycles. The van der Waals surface area contributed by atoms with E-state index in [0.29, 0.717) is 0 Å². The van der Waals surface area contributed by atoms with Crippen molar-refractivity contribution >= 4 is 6.71 Å².